The summed E-state index contributed by atoms with van der Waals surface area (Å²) in [5, 5.41) is 3.40. The van der Waals surface area contributed by atoms with E-state index in [2.05, 4.69) is 15.3 Å². The Bertz CT molecular complexity index is 943. The van der Waals surface area contributed by atoms with Crippen LogP contribution in [0.1, 0.15) is 5.56 Å². The predicted molar refractivity (Wildman–Crippen MR) is 97.6 cm³/mol. The van der Waals surface area contributed by atoms with Crippen LogP contribution in [0, 0.1) is 0 Å². The number of pyridine rings is 1. The van der Waals surface area contributed by atoms with Gasteiger partial charge in [-0.05, 0) is 54.1 Å². The summed E-state index contributed by atoms with van der Waals surface area (Å²) in [7, 11) is 1.67. The van der Waals surface area contributed by atoms with E-state index in [1.165, 1.54) is 5.56 Å². The van der Waals surface area contributed by atoms with E-state index in [1.807, 2.05) is 60.7 Å². The van der Waals surface area contributed by atoms with Gasteiger partial charge in [0.25, 0.3) is 0 Å². The topological polar surface area (TPSA) is 60.2 Å². The second-order valence-electron chi connectivity index (χ2n) is 5.62. The highest BCUT2D eigenvalue weighted by atomic mass is 16.5. The van der Waals surface area contributed by atoms with Crippen LogP contribution in [0.2, 0.25) is 0 Å². The summed E-state index contributed by atoms with van der Waals surface area (Å²) < 4.78 is 10.9. The van der Waals surface area contributed by atoms with Crippen LogP contribution < -0.4 is 10.1 Å². The molecule has 25 heavy (non-hydrogen) atoms. The molecule has 0 saturated heterocycles. The van der Waals surface area contributed by atoms with Crippen LogP contribution in [0.25, 0.3) is 22.7 Å². The Morgan fingerprint density at radius 3 is 2.52 bits per heavy atom. The number of nitrogens with one attached hydrogen (secondary N) is 1. The van der Waals surface area contributed by atoms with Crippen molar-refractivity contribution in [3.63, 3.8) is 0 Å². The van der Waals surface area contributed by atoms with Gasteiger partial charge in [-0.2, -0.15) is 4.98 Å². The van der Waals surface area contributed by atoms with Crippen molar-refractivity contribution >= 4 is 16.9 Å². The molecule has 2 heterocycles. The monoisotopic (exact) mass is 331 g/mol. The van der Waals surface area contributed by atoms with Crippen LogP contribution in [0.15, 0.2) is 71.3 Å². The molecule has 5 heteroatoms. The predicted octanol–water partition coefficient (Wildman–Crippen LogP) is 4.51. The largest absolute Gasteiger partial charge is 0.497 e. The first-order valence-corrected chi connectivity index (χ1v) is 8.00. The molecule has 0 amide bonds. The van der Waals surface area contributed by atoms with Crippen LogP contribution in [0.4, 0.5) is 5.69 Å². The highest BCUT2D eigenvalue weighted by Crippen LogP contribution is 2.24. The Labute approximate surface area is 145 Å². The molecular formula is C20H17N3O2. The standard InChI is InChI=1S/C20H17N3O2/c1-24-17-10-4-14(5-11-17)13-22-16-8-6-15(7-9-16)20-23-19-18(25-20)3-2-12-21-19/h2-12,22H,13H2,1H3. The minimum atomic E-state index is 0.579. The summed E-state index contributed by atoms with van der Waals surface area (Å²) in [6.07, 6.45) is 1.71. The lowest BCUT2D eigenvalue weighted by atomic mass is 10.2. The van der Waals surface area contributed by atoms with Crippen LogP contribution in [-0.2, 0) is 6.54 Å². The van der Waals surface area contributed by atoms with Crippen LogP contribution in [0.3, 0.4) is 0 Å². The van der Waals surface area contributed by atoms with Crippen molar-refractivity contribution in [2.24, 2.45) is 0 Å². The van der Waals surface area contributed by atoms with Gasteiger partial charge < -0.3 is 14.5 Å². The van der Waals surface area contributed by atoms with Gasteiger partial charge in [0.05, 0.1) is 7.11 Å². The minimum Gasteiger partial charge on any atom is -0.497 e. The Hall–Kier alpha value is -3.34. The Morgan fingerprint density at radius 1 is 1.00 bits per heavy atom. The van der Waals surface area contributed by atoms with Crippen molar-refractivity contribution in [1.29, 1.82) is 0 Å². The summed E-state index contributed by atoms with van der Waals surface area (Å²) in [6.45, 7) is 0.746. The van der Waals surface area contributed by atoms with Crippen LogP contribution in [-0.4, -0.2) is 17.1 Å². The number of hydrogen-bond donors (Lipinski definition) is 1. The van der Waals surface area contributed by atoms with E-state index in [0.29, 0.717) is 17.1 Å². The van der Waals surface area contributed by atoms with Crippen molar-refractivity contribution in [2.75, 3.05) is 12.4 Å². The van der Waals surface area contributed by atoms with Crippen molar-refractivity contribution in [3.8, 4) is 17.2 Å². The normalized spacial score (nSPS) is 10.8. The lowest BCUT2D eigenvalue weighted by molar-refractivity contribution is 0.414. The van der Waals surface area contributed by atoms with E-state index >= 15 is 0 Å². The maximum atomic E-state index is 5.74. The van der Waals surface area contributed by atoms with Gasteiger partial charge >= 0.3 is 0 Å². The van der Waals surface area contributed by atoms with Gasteiger partial charge in [0, 0.05) is 24.0 Å². The summed E-state index contributed by atoms with van der Waals surface area (Å²) in [5.74, 6) is 1.44. The van der Waals surface area contributed by atoms with Gasteiger partial charge in [-0.25, -0.2) is 4.98 Å². The first-order chi connectivity index (χ1) is 12.3. The average Bonchev–Trinajstić information content (AvgIpc) is 3.11. The van der Waals surface area contributed by atoms with Crippen LogP contribution >= 0.6 is 0 Å². The molecule has 2 aromatic carbocycles. The lowest BCUT2D eigenvalue weighted by Gasteiger charge is -2.07. The number of ether oxygens (including phenoxy) is 1. The maximum Gasteiger partial charge on any atom is 0.228 e. The van der Waals surface area contributed by atoms with E-state index < -0.39 is 0 Å². The lowest BCUT2D eigenvalue weighted by Crippen LogP contribution is -1.99. The van der Waals surface area contributed by atoms with Crippen molar-refractivity contribution in [2.45, 2.75) is 6.54 Å². The third-order valence-corrected chi connectivity index (χ3v) is 3.95. The number of aromatic nitrogens is 2. The molecule has 0 aliphatic carbocycles. The zero-order valence-electron chi connectivity index (χ0n) is 13.8. The molecule has 124 valence electrons. The first-order valence-electron chi connectivity index (χ1n) is 8.00. The quantitative estimate of drug-likeness (QED) is 0.583. The highest BCUT2D eigenvalue weighted by molar-refractivity contribution is 5.72. The number of benzene rings is 2. The molecule has 0 fully saturated rings. The van der Waals surface area contributed by atoms with E-state index in [4.69, 9.17) is 9.15 Å². The molecular weight excluding hydrogens is 314 g/mol. The molecule has 0 bridgehead atoms. The molecule has 4 aromatic rings. The van der Waals surface area contributed by atoms with Gasteiger partial charge in [-0.3, -0.25) is 0 Å². The van der Waals surface area contributed by atoms with Gasteiger partial charge in [-0.15, -0.1) is 0 Å². The second-order valence-corrected chi connectivity index (χ2v) is 5.62. The Kier molecular flexibility index (Phi) is 4.04. The van der Waals surface area contributed by atoms with Gasteiger partial charge in [-0.1, -0.05) is 12.1 Å². The SMILES string of the molecule is COc1ccc(CNc2ccc(-c3nc4ncccc4o3)cc2)cc1. The van der Waals surface area contributed by atoms with Crippen molar-refractivity contribution in [3.05, 3.63) is 72.4 Å². The molecule has 0 aliphatic heterocycles. The van der Waals surface area contributed by atoms with E-state index in [9.17, 15) is 0 Å². The summed E-state index contributed by atoms with van der Waals surface area (Å²) >= 11 is 0. The van der Waals surface area contributed by atoms with Gasteiger partial charge in [0.2, 0.25) is 5.89 Å². The molecule has 0 radical (unpaired) electrons. The maximum absolute atomic E-state index is 5.74. The van der Waals surface area contributed by atoms with E-state index in [1.54, 1.807) is 13.3 Å². The number of rotatable bonds is 5. The van der Waals surface area contributed by atoms with Crippen molar-refractivity contribution < 1.29 is 9.15 Å². The molecule has 1 N–H and O–H groups in total. The molecule has 0 aliphatic rings. The van der Waals surface area contributed by atoms with E-state index in [-0.39, 0.29) is 0 Å². The summed E-state index contributed by atoms with van der Waals surface area (Å²) in [4.78, 5) is 8.61. The molecule has 2 aromatic heterocycles. The zero-order chi connectivity index (χ0) is 17.1. The zero-order valence-corrected chi connectivity index (χ0v) is 13.8. The third-order valence-electron chi connectivity index (χ3n) is 3.95. The smallest absolute Gasteiger partial charge is 0.228 e. The Balaban J connectivity index is 1.45. The second kappa shape index (κ2) is 6.65. The Morgan fingerprint density at radius 2 is 1.80 bits per heavy atom. The number of nitrogens with zero attached hydrogens (tertiary/aromatic N) is 2. The summed E-state index contributed by atoms with van der Waals surface area (Å²) in [5.41, 5.74) is 4.47. The van der Waals surface area contributed by atoms with Gasteiger partial charge in [0.1, 0.15) is 5.75 Å². The molecule has 0 saturated carbocycles. The fourth-order valence-electron chi connectivity index (χ4n) is 2.57. The number of fused-ring (bicyclic) bond motifs is 1. The number of methoxy groups -OCH3 is 1. The fraction of sp³-hybridized carbons (Fsp3) is 0.100. The molecule has 4 rings (SSSR count). The summed E-state index contributed by atoms with van der Waals surface area (Å²) in [6, 6.07) is 19.7. The van der Waals surface area contributed by atoms with E-state index in [0.717, 1.165) is 23.5 Å². The fourth-order valence-corrected chi connectivity index (χ4v) is 2.57. The average molecular weight is 331 g/mol. The molecule has 5 nitrogen and oxygen atoms in total. The molecule has 0 spiro atoms. The molecule has 0 unspecified atom stereocenters. The highest BCUT2D eigenvalue weighted by Gasteiger charge is 2.08. The van der Waals surface area contributed by atoms with Crippen LogP contribution in [0.5, 0.6) is 5.75 Å². The van der Waals surface area contributed by atoms with Crippen molar-refractivity contribution in [1.82, 2.24) is 9.97 Å². The first kappa shape index (κ1) is 15.2. The number of oxazole rings is 1. The number of anilines is 1. The minimum absolute atomic E-state index is 0.579. The third kappa shape index (κ3) is 3.30. The number of hydrogen-bond acceptors (Lipinski definition) is 5. The molecule has 0 atom stereocenters. The van der Waals surface area contributed by atoms with Gasteiger partial charge in [0.15, 0.2) is 11.2 Å².